The van der Waals surface area contributed by atoms with E-state index >= 15 is 0 Å². The van der Waals surface area contributed by atoms with Crippen LogP contribution in [0.1, 0.15) is 31.9 Å². The highest BCUT2D eigenvalue weighted by Crippen LogP contribution is 2.35. The summed E-state index contributed by atoms with van der Waals surface area (Å²) in [6.45, 7) is 6.95. The highest BCUT2D eigenvalue weighted by Gasteiger charge is 2.40. The molecule has 11 heteroatoms. The average Bonchev–Trinajstić information content (AvgIpc) is 2.67. The van der Waals surface area contributed by atoms with Crippen molar-refractivity contribution in [3.63, 3.8) is 0 Å². The van der Waals surface area contributed by atoms with E-state index < -0.39 is 29.9 Å². The molecule has 1 aliphatic heterocycles. The number of carbonyl (C=O) groups is 2. The molecule has 31 heavy (non-hydrogen) atoms. The normalized spacial score (nSPS) is 16.7. The zero-order chi connectivity index (χ0) is 23.6. The quantitative estimate of drug-likeness (QED) is 0.680. The predicted octanol–water partition coefficient (Wildman–Crippen LogP) is 4.10. The van der Waals surface area contributed by atoms with Crippen molar-refractivity contribution in [3.05, 3.63) is 28.3 Å². The van der Waals surface area contributed by atoms with Crippen LogP contribution in [0, 0.1) is 6.92 Å². The molecule has 1 aromatic carbocycles. The first-order chi connectivity index (χ1) is 14.2. The van der Waals surface area contributed by atoms with Gasteiger partial charge in [0.1, 0.15) is 5.75 Å². The van der Waals surface area contributed by atoms with Crippen LogP contribution in [0.3, 0.4) is 0 Å². The molecule has 0 bridgehead atoms. The number of benzene rings is 1. The third-order valence-corrected chi connectivity index (χ3v) is 5.48. The zero-order valence-corrected chi connectivity index (χ0v) is 18.5. The van der Waals surface area contributed by atoms with Gasteiger partial charge in [-0.25, -0.2) is 9.59 Å². The first-order valence-electron chi connectivity index (χ1n) is 9.67. The molecule has 1 heterocycles. The van der Waals surface area contributed by atoms with Gasteiger partial charge in [-0.05, 0) is 33.3 Å². The van der Waals surface area contributed by atoms with E-state index in [1.807, 2.05) is 4.90 Å². The smallest absolute Gasteiger partial charge is 0.425 e. The standard InChI is InChI=1S/C20H26ClF3N2O5/c1-12-5-6-14(16(15(12)21)31-19(3,4)17(27)28)11-25-7-9-26(10-8-25)18(29)30-13(2)20(22,23)24/h5-6,13H,7-11H2,1-4H3,(H,27,28). The lowest BCUT2D eigenvalue weighted by atomic mass is 10.1. The number of carboxylic acid groups (broad SMARTS) is 1. The van der Waals surface area contributed by atoms with Crippen LogP contribution in [0.25, 0.3) is 0 Å². The summed E-state index contributed by atoms with van der Waals surface area (Å²) in [5, 5.41) is 9.69. The third-order valence-electron chi connectivity index (χ3n) is 5.01. The molecule has 0 radical (unpaired) electrons. The van der Waals surface area contributed by atoms with E-state index in [4.69, 9.17) is 16.3 Å². The molecule has 2 rings (SSSR count). The largest absolute Gasteiger partial charge is 0.478 e. The van der Waals surface area contributed by atoms with Gasteiger partial charge in [0.25, 0.3) is 0 Å². The summed E-state index contributed by atoms with van der Waals surface area (Å²) in [5.41, 5.74) is -0.0938. The van der Waals surface area contributed by atoms with Crippen molar-refractivity contribution in [1.82, 2.24) is 9.80 Å². The Morgan fingerprint density at radius 1 is 1.19 bits per heavy atom. The van der Waals surface area contributed by atoms with Crippen molar-refractivity contribution in [2.75, 3.05) is 26.2 Å². The fourth-order valence-corrected chi connectivity index (χ4v) is 3.07. The summed E-state index contributed by atoms with van der Waals surface area (Å²) < 4.78 is 48.0. The van der Waals surface area contributed by atoms with Crippen LogP contribution in [0.4, 0.5) is 18.0 Å². The summed E-state index contributed by atoms with van der Waals surface area (Å²) in [4.78, 5) is 26.6. The van der Waals surface area contributed by atoms with Crippen LogP contribution in [0.2, 0.25) is 5.02 Å². The Hall–Kier alpha value is -2.20. The second-order valence-electron chi connectivity index (χ2n) is 7.93. The van der Waals surface area contributed by atoms with Gasteiger partial charge in [-0.15, -0.1) is 0 Å². The molecule has 1 aromatic rings. The van der Waals surface area contributed by atoms with Gasteiger partial charge in [-0.1, -0.05) is 23.7 Å². The Morgan fingerprint density at radius 2 is 1.77 bits per heavy atom. The molecule has 1 unspecified atom stereocenters. The van der Waals surface area contributed by atoms with E-state index in [9.17, 15) is 27.9 Å². The zero-order valence-electron chi connectivity index (χ0n) is 17.8. The van der Waals surface area contributed by atoms with E-state index in [1.54, 1.807) is 19.1 Å². The van der Waals surface area contributed by atoms with E-state index in [0.717, 1.165) is 12.5 Å². The molecule has 7 nitrogen and oxygen atoms in total. The molecular weight excluding hydrogens is 441 g/mol. The maximum absolute atomic E-state index is 12.6. The van der Waals surface area contributed by atoms with Crippen molar-refractivity contribution in [2.24, 2.45) is 0 Å². The minimum absolute atomic E-state index is 0.194. The van der Waals surface area contributed by atoms with Crippen molar-refractivity contribution >= 4 is 23.7 Å². The Kier molecular flexibility index (Phi) is 7.70. The van der Waals surface area contributed by atoms with Gasteiger partial charge in [-0.3, -0.25) is 4.90 Å². The van der Waals surface area contributed by atoms with Gasteiger partial charge in [-0.2, -0.15) is 13.2 Å². The third kappa shape index (κ3) is 6.39. The van der Waals surface area contributed by atoms with Crippen LogP contribution < -0.4 is 4.74 Å². The number of piperazine rings is 1. The lowest BCUT2D eigenvalue weighted by molar-refractivity contribution is -0.200. The number of rotatable bonds is 6. The first-order valence-corrected chi connectivity index (χ1v) is 10.0. The Labute approximate surface area is 183 Å². The highest BCUT2D eigenvalue weighted by molar-refractivity contribution is 6.33. The number of hydrogen-bond donors (Lipinski definition) is 1. The molecule has 1 saturated heterocycles. The summed E-state index contributed by atoms with van der Waals surface area (Å²) >= 11 is 6.38. The maximum Gasteiger partial charge on any atom is 0.425 e. The number of ether oxygens (including phenoxy) is 2. The molecule has 1 fully saturated rings. The number of amides is 1. The fourth-order valence-electron chi connectivity index (χ4n) is 2.85. The summed E-state index contributed by atoms with van der Waals surface area (Å²) in [6.07, 6.45) is -7.79. The monoisotopic (exact) mass is 466 g/mol. The van der Waals surface area contributed by atoms with Gasteiger partial charge < -0.3 is 19.5 Å². The van der Waals surface area contributed by atoms with E-state index in [1.165, 1.54) is 18.7 Å². The molecule has 0 saturated carbocycles. The van der Waals surface area contributed by atoms with Crippen molar-refractivity contribution < 1.29 is 37.3 Å². The van der Waals surface area contributed by atoms with Crippen LogP contribution >= 0.6 is 11.6 Å². The molecule has 0 aliphatic carbocycles. The highest BCUT2D eigenvalue weighted by atomic mass is 35.5. The summed E-state index contributed by atoms with van der Waals surface area (Å²) in [7, 11) is 0. The Bertz CT molecular complexity index is 824. The fraction of sp³-hybridized carbons (Fsp3) is 0.600. The minimum Gasteiger partial charge on any atom is -0.478 e. The molecule has 0 aromatic heterocycles. The lowest BCUT2D eigenvalue weighted by Gasteiger charge is -2.35. The molecule has 0 spiro atoms. The number of aliphatic carboxylic acids is 1. The number of carboxylic acids is 1. The molecule has 1 N–H and O–H groups in total. The van der Waals surface area contributed by atoms with Gasteiger partial charge >= 0.3 is 18.2 Å². The van der Waals surface area contributed by atoms with Crippen LogP contribution in [0.5, 0.6) is 5.75 Å². The van der Waals surface area contributed by atoms with Crippen molar-refractivity contribution in [2.45, 2.75) is 52.1 Å². The van der Waals surface area contributed by atoms with E-state index in [2.05, 4.69) is 4.74 Å². The SMILES string of the molecule is Cc1ccc(CN2CCN(C(=O)OC(C)C(F)(F)F)CC2)c(OC(C)(C)C(=O)O)c1Cl. The molecule has 1 atom stereocenters. The van der Waals surface area contributed by atoms with E-state index in [0.29, 0.717) is 30.2 Å². The first kappa shape index (κ1) is 25.1. The van der Waals surface area contributed by atoms with Gasteiger partial charge in [0, 0.05) is 38.3 Å². The number of alkyl halides is 3. The van der Waals surface area contributed by atoms with Crippen LogP contribution in [-0.2, 0) is 16.1 Å². The van der Waals surface area contributed by atoms with Gasteiger partial charge in [0.05, 0.1) is 5.02 Å². The number of hydrogen-bond acceptors (Lipinski definition) is 5. The lowest BCUT2D eigenvalue weighted by Crippen LogP contribution is -2.49. The Morgan fingerprint density at radius 3 is 2.29 bits per heavy atom. The van der Waals surface area contributed by atoms with E-state index in [-0.39, 0.29) is 18.8 Å². The van der Waals surface area contributed by atoms with Crippen molar-refractivity contribution in [1.29, 1.82) is 0 Å². The number of carbonyl (C=O) groups excluding carboxylic acids is 1. The van der Waals surface area contributed by atoms with Crippen molar-refractivity contribution in [3.8, 4) is 5.75 Å². The maximum atomic E-state index is 12.6. The topological polar surface area (TPSA) is 79.3 Å². The second kappa shape index (κ2) is 9.52. The molecule has 1 amide bonds. The number of halogens is 4. The van der Waals surface area contributed by atoms with Gasteiger partial charge in [0.15, 0.2) is 11.7 Å². The predicted molar refractivity (Wildman–Crippen MR) is 107 cm³/mol. The summed E-state index contributed by atoms with van der Waals surface area (Å²) in [6, 6.07) is 3.59. The average molecular weight is 467 g/mol. The van der Waals surface area contributed by atoms with Crippen LogP contribution in [-0.4, -0.2) is 71.0 Å². The molecular formula is C20H26ClF3N2O5. The number of nitrogens with zero attached hydrogens (tertiary/aromatic N) is 2. The summed E-state index contributed by atoms with van der Waals surface area (Å²) in [5.74, 6) is -0.869. The minimum atomic E-state index is -4.61. The van der Waals surface area contributed by atoms with Gasteiger partial charge in [0.2, 0.25) is 0 Å². The molecule has 1 aliphatic rings. The Balaban J connectivity index is 2.05. The second-order valence-corrected chi connectivity index (χ2v) is 8.31. The van der Waals surface area contributed by atoms with Crippen LogP contribution in [0.15, 0.2) is 12.1 Å². The number of aryl methyl sites for hydroxylation is 1. The molecule has 174 valence electrons.